The summed E-state index contributed by atoms with van der Waals surface area (Å²) in [5, 5.41) is 12.5. The summed E-state index contributed by atoms with van der Waals surface area (Å²) < 4.78 is 8.27. The molecule has 0 saturated heterocycles. The maximum atomic E-state index is 12.1. The molecule has 28 heavy (non-hydrogen) atoms. The van der Waals surface area contributed by atoms with Gasteiger partial charge in [0, 0.05) is 28.8 Å². The van der Waals surface area contributed by atoms with E-state index >= 15 is 0 Å². The highest BCUT2D eigenvalue weighted by atomic mass is 79.9. The van der Waals surface area contributed by atoms with E-state index in [0.717, 1.165) is 4.47 Å². The minimum atomic E-state index is -0.189. The summed E-state index contributed by atoms with van der Waals surface area (Å²) in [7, 11) is 1.80. The molecule has 0 fully saturated rings. The number of anilines is 1. The van der Waals surface area contributed by atoms with Crippen LogP contribution in [0.25, 0.3) is 0 Å². The van der Waals surface area contributed by atoms with Crippen LogP contribution in [0, 0.1) is 0 Å². The molecule has 1 aromatic carbocycles. The van der Waals surface area contributed by atoms with E-state index in [-0.39, 0.29) is 18.3 Å². The fourth-order valence-corrected chi connectivity index (χ4v) is 3.38. The van der Waals surface area contributed by atoms with Crippen molar-refractivity contribution in [2.75, 3.05) is 11.1 Å². The molecule has 0 saturated carbocycles. The quantitative estimate of drug-likeness (QED) is 0.476. The van der Waals surface area contributed by atoms with E-state index in [1.807, 2.05) is 0 Å². The average Bonchev–Trinajstić information content (AvgIpc) is 3.02. The van der Waals surface area contributed by atoms with Gasteiger partial charge in [-0.3, -0.25) is 4.79 Å². The molecule has 0 unspecified atom stereocenters. The zero-order chi connectivity index (χ0) is 20.1. The van der Waals surface area contributed by atoms with Crippen molar-refractivity contribution in [3.8, 4) is 5.75 Å². The number of benzene rings is 1. The van der Waals surface area contributed by atoms with Crippen LogP contribution in [0.2, 0.25) is 10.0 Å². The van der Waals surface area contributed by atoms with Gasteiger partial charge >= 0.3 is 0 Å². The molecule has 0 aliphatic carbocycles. The van der Waals surface area contributed by atoms with Gasteiger partial charge in [0.05, 0.1) is 10.8 Å². The fraction of sp³-hybridized carbons (Fsp3) is 0.176. The van der Waals surface area contributed by atoms with E-state index in [4.69, 9.17) is 27.9 Å². The van der Waals surface area contributed by atoms with Gasteiger partial charge < -0.3 is 14.6 Å². The SMILES string of the molecule is Cn1c(COc2cc(Cl)ccc2Cl)nnc1SCC(=O)Nc1ccc(Br)cn1. The summed E-state index contributed by atoms with van der Waals surface area (Å²) in [5.74, 6) is 1.52. The number of nitrogens with zero attached hydrogens (tertiary/aromatic N) is 4. The number of aromatic nitrogens is 4. The van der Waals surface area contributed by atoms with Crippen molar-refractivity contribution >= 4 is 62.6 Å². The van der Waals surface area contributed by atoms with E-state index in [0.29, 0.717) is 32.6 Å². The van der Waals surface area contributed by atoms with Crippen LogP contribution in [-0.4, -0.2) is 31.4 Å². The lowest BCUT2D eigenvalue weighted by Crippen LogP contribution is -2.15. The number of amides is 1. The van der Waals surface area contributed by atoms with E-state index in [9.17, 15) is 4.79 Å². The molecule has 0 bridgehead atoms. The summed E-state index contributed by atoms with van der Waals surface area (Å²) in [6.45, 7) is 0.166. The van der Waals surface area contributed by atoms with Crippen LogP contribution >= 0.6 is 50.9 Å². The number of rotatable bonds is 7. The Bertz CT molecular complexity index is 984. The highest BCUT2D eigenvalue weighted by Gasteiger charge is 2.13. The van der Waals surface area contributed by atoms with Crippen molar-refractivity contribution in [1.29, 1.82) is 0 Å². The van der Waals surface area contributed by atoms with Crippen molar-refractivity contribution in [1.82, 2.24) is 19.7 Å². The number of hydrogen-bond acceptors (Lipinski definition) is 6. The van der Waals surface area contributed by atoms with Crippen molar-refractivity contribution in [2.24, 2.45) is 7.05 Å². The molecule has 7 nitrogen and oxygen atoms in total. The van der Waals surface area contributed by atoms with Gasteiger partial charge in [0.15, 0.2) is 11.0 Å². The molecule has 0 radical (unpaired) electrons. The Labute approximate surface area is 183 Å². The first-order chi connectivity index (χ1) is 13.4. The minimum absolute atomic E-state index is 0.166. The van der Waals surface area contributed by atoms with Crippen LogP contribution in [0.3, 0.4) is 0 Å². The number of nitrogens with one attached hydrogen (secondary N) is 1. The summed E-state index contributed by atoms with van der Waals surface area (Å²) in [4.78, 5) is 16.2. The highest BCUT2D eigenvalue weighted by molar-refractivity contribution is 9.10. The number of carbonyl (C=O) groups is 1. The van der Waals surface area contributed by atoms with E-state index in [1.54, 1.807) is 48.1 Å². The molecule has 0 aliphatic rings. The second-order valence-electron chi connectivity index (χ2n) is 5.52. The maximum absolute atomic E-state index is 12.1. The highest BCUT2D eigenvalue weighted by Crippen LogP contribution is 2.28. The second kappa shape index (κ2) is 9.60. The van der Waals surface area contributed by atoms with E-state index < -0.39 is 0 Å². The van der Waals surface area contributed by atoms with Gasteiger partial charge in [0.1, 0.15) is 18.2 Å². The van der Waals surface area contributed by atoms with Crippen LogP contribution in [0.5, 0.6) is 5.75 Å². The predicted octanol–water partition coefficient (Wildman–Crippen LogP) is 4.59. The lowest BCUT2D eigenvalue weighted by molar-refractivity contribution is -0.113. The molecule has 2 heterocycles. The molecule has 0 spiro atoms. The molecule has 0 aliphatic heterocycles. The number of carbonyl (C=O) groups excluding carboxylic acids is 1. The van der Waals surface area contributed by atoms with Crippen LogP contribution in [0.4, 0.5) is 5.82 Å². The van der Waals surface area contributed by atoms with Crippen LogP contribution in [0.15, 0.2) is 46.2 Å². The van der Waals surface area contributed by atoms with Crippen molar-refractivity contribution in [3.63, 3.8) is 0 Å². The number of hydrogen-bond donors (Lipinski definition) is 1. The largest absolute Gasteiger partial charge is 0.484 e. The lowest BCUT2D eigenvalue weighted by Gasteiger charge is -2.08. The van der Waals surface area contributed by atoms with Gasteiger partial charge in [-0.2, -0.15) is 0 Å². The Morgan fingerprint density at radius 1 is 1.29 bits per heavy atom. The molecule has 3 rings (SSSR count). The number of halogens is 3. The van der Waals surface area contributed by atoms with Crippen LogP contribution in [0.1, 0.15) is 5.82 Å². The Balaban J connectivity index is 1.54. The predicted molar refractivity (Wildman–Crippen MR) is 113 cm³/mol. The van der Waals surface area contributed by atoms with Crippen molar-refractivity contribution in [3.05, 3.63) is 56.9 Å². The first-order valence-electron chi connectivity index (χ1n) is 7.92. The third kappa shape index (κ3) is 5.60. The van der Waals surface area contributed by atoms with Crippen molar-refractivity contribution in [2.45, 2.75) is 11.8 Å². The Morgan fingerprint density at radius 3 is 2.86 bits per heavy atom. The summed E-state index contributed by atoms with van der Waals surface area (Å²) in [6.07, 6.45) is 1.61. The third-order valence-corrected chi connectivity index (χ3v) is 5.54. The van der Waals surface area contributed by atoms with Gasteiger partial charge in [-0.15, -0.1) is 10.2 Å². The number of pyridine rings is 1. The fourth-order valence-electron chi connectivity index (χ4n) is 2.09. The molecule has 0 atom stereocenters. The van der Waals surface area contributed by atoms with Gasteiger partial charge in [-0.25, -0.2) is 4.98 Å². The first kappa shape index (κ1) is 20.9. The molecule has 1 N–H and O–H groups in total. The molecular weight excluding hydrogens is 489 g/mol. The Hall–Kier alpha value is -1.81. The summed E-state index contributed by atoms with van der Waals surface area (Å²) in [5.41, 5.74) is 0. The zero-order valence-electron chi connectivity index (χ0n) is 14.5. The van der Waals surface area contributed by atoms with Crippen molar-refractivity contribution < 1.29 is 9.53 Å². The first-order valence-corrected chi connectivity index (χ1v) is 10.5. The molecular formula is C17H14BrCl2N5O2S. The molecule has 1 amide bonds. The van der Waals surface area contributed by atoms with Crippen LogP contribution < -0.4 is 10.1 Å². The molecule has 3 aromatic rings. The van der Waals surface area contributed by atoms with Gasteiger partial charge in [0.25, 0.3) is 0 Å². The maximum Gasteiger partial charge on any atom is 0.236 e. The normalized spacial score (nSPS) is 10.7. The molecule has 2 aromatic heterocycles. The standard InChI is InChI=1S/C17H14BrCl2N5O2S/c1-25-15(8-27-13-6-11(19)3-4-12(13)20)23-24-17(25)28-9-16(26)22-14-5-2-10(18)7-21-14/h2-7H,8-9H2,1H3,(H,21,22,26). The van der Waals surface area contributed by atoms with E-state index in [1.165, 1.54) is 11.8 Å². The van der Waals surface area contributed by atoms with Gasteiger partial charge in [-0.05, 0) is 40.2 Å². The average molecular weight is 503 g/mol. The summed E-state index contributed by atoms with van der Waals surface area (Å²) in [6, 6.07) is 8.50. The monoisotopic (exact) mass is 501 g/mol. The van der Waals surface area contributed by atoms with Crippen LogP contribution in [-0.2, 0) is 18.4 Å². The Morgan fingerprint density at radius 2 is 2.11 bits per heavy atom. The summed E-state index contributed by atoms with van der Waals surface area (Å²) >= 11 is 16.6. The number of thioether (sulfide) groups is 1. The topological polar surface area (TPSA) is 81.9 Å². The second-order valence-corrected chi connectivity index (χ2v) is 8.22. The van der Waals surface area contributed by atoms with Gasteiger partial charge in [0.2, 0.25) is 5.91 Å². The van der Waals surface area contributed by atoms with Gasteiger partial charge in [-0.1, -0.05) is 35.0 Å². The zero-order valence-corrected chi connectivity index (χ0v) is 18.4. The van der Waals surface area contributed by atoms with E-state index in [2.05, 4.69) is 36.4 Å². The minimum Gasteiger partial charge on any atom is -0.484 e. The smallest absolute Gasteiger partial charge is 0.236 e. The molecule has 146 valence electrons. The third-order valence-electron chi connectivity index (χ3n) is 3.50. The number of ether oxygens (including phenoxy) is 1. The Kier molecular flexibility index (Phi) is 7.17. The lowest BCUT2D eigenvalue weighted by atomic mass is 10.3. The molecule has 11 heteroatoms.